The van der Waals surface area contributed by atoms with Gasteiger partial charge in [0.05, 0.1) is 106 Å². The van der Waals surface area contributed by atoms with E-state index in [9.17, 15) is 0 Å². The summed E-state index contributed by atoms with van der Waals surface area (Å²) in [5.74, 6) is 1.95. The average molecular weight is 1740 g/mol. The van der Waals surface area contributed by atoms with Gasteiger partial charge in [-0.05, 0) is 139 Å². The molecule has 1 atom stereocenters. The van der Waals surface area contributed by atoms with Crippen LogP contribution in [0.2, 0.25) is 60.3 Å². The molecule has 3 aliphatic carbocycles. The minimum absolute atomic E-state index is 0.0575. The highest BCUT2D eigenvalue weighted by Gasteiger charge is 2.74. The summed E-state index contributed by atoms with van der Waals surface area (Å²) in [5.41, 5.74) is 11.7. The fraction of sp³-hybridized carbons (Fsp3) is 0.239. The second-order valence-corrected chi connectivity index (χ2v) is 36.1. The summed E-state index contributed by atoms with van der Waals surface area (Å²) < 4.78 is 38.0. The Labute approximate surface area is 714 Å². The summed E-state index contributed by atoms with van der Waals surface area (Å²) in [6.07, 6.45) is 32.6. The molecule has 20 rings (SSSR count). The monoisotopic (exact) mass is 1730 g/mol. The second kappa shape index (κ2) is 28.5. The standard InChI is InChI=1S/C92H70Cl12N5O4/c1-109(2,3)52-39-35-47(36-40-52)21-13-14-22-48-37-41-53(42-38-48)110-88-80(97)72-61-45-62-73-70(78(95)86(103)89(81(73)98)111-65-32-18-15-29-54(65)49-23-7-4-8-24-49)59-44-60-71-75(83(100)91(87(104)79(71)96)113-67-34-20-17-31-56(67)51-27-11-6-12-28-51)64-46-63-74-69(58-43-57(68(72)76(93)84(88)101)105(61)92(106(59)62,107(58)63)108(60)64)77(94)85(102)90(82(74)99)112-66-33-19-16-30-55(66)50-25-9-5-10-26-50/h13-22,29-46,49-51H,4-12,23-28H2,1-3H3/q+3/b21-13+,22-14+. The molecule has 2 aromatic heterocycles. The first-order chi connectivity index (χ1) is 54.7. The van der Waals surface area contributed by atoms with Crippen molar-refractivity contribution in [2.24, 2.45) is 0 Å². The lowest BCUT2D eigenvalue weighted by atomic mass is 9.84. The first-order valence-electron chi connectivity index (χ1n) is 38.5. The van der Waals surface area contributed by atoms with Crippen molar-refractivity contribution < 1.29 is 28.1 Å². The average Bonchev–Trinajstić information content (AvgIpc) is 1.46. The second-order valence-electron chi connectivity index (χ2n) is 31.6. The quantitative estimate of drug-likeness (QED) is 0.0444. The molecule has 1 spiro atoms. The molecule has 113 heavy (non-hydrogen) atoms. The Balaban J connectivity index is 0.850. The number of nitrogens with zero attached hydrogens (tertiary/aromatic N) is 5. The van der Waals surface area contributed by atoms with Crippen LogP contribution in [0.1, 0.15) is 176 Å². The van der Waals surface area contributed by atoms with E-state index in [2.05, 4.69) is 100 Å². The maximum Gasteiger partial charge on any atom is 0.553 e. The van der Waals surface area contributed by atoms with Gasteiger partial charge in [-0.25, -0.2) is 0 Å². The van der Waals surface area contributed by atoms with Gasteiger partial charge in [0.1, 0.15) is 48.8 Å². The maximum absolute atomic E-state index is 8.25. The summed E-state index contributed by atoms with van der Waals surface area (Å²) >= 11 is 96.4. The van der Waals surface area contributed by atoms with Gasteiger partial charge in [-0.3, -0.25) is 4.48 Å². The van der Waals surface area contributed by atoms with Crippen LogP contribution in [-0.2, 0) is 5.91 Å². The van der Waals surface area contributed by atoms with Crippen LogP contribution in [0.3, 0.4) is 0 Å². The van der Waals surface area contributed by atoms with Gasteiger partial charge in [0, 0.05) is 45.8 Å². The number of fused-ring (bicyclic) bond motifs is 12. The number of hydrogen-bond acceptors (Lipinski definition) is 4. The van der Waals surface area contributed by atoms with E-state index in [-0.39, 0.29) is 101 Å². The number of hydrogen-bond donors (Lipinski definition) is 0. The number of benzene rings is 9. The number of aromatic nitrogens is 2. The van der Waals surface area contributed by atoms with Crippen molar-refractivity contribution in [1.29, 1.82) is 0 Å². The van der Waals surface area contributed by atoms with E-state index in [0.717, 1.165) is 109 Å². The largest absolute Gasteiger partial charge is 0.553 e. The first kappa shape index (κ1) is 74.6. The Morgan fingerprint density at radius 1 is 0.354 bits per heavy atom. The van der Waals surface area contributed by atoms with Crippen LogP contribution in [0, 0.1) is 0 Å². The van der Waals surface area contributed by atoms with Gasteiger partial charge < -0.3 is 18.9 Å². The van der Waals surface area contributed by atoms with E-state index in [1.54, 1.807) is 0 Å². The van der Waals surface area contributed by atoms with Crippen molar-refractivity contribution in [2.75, 3.05) is 21.1 Å². The predicted octanol–water partition coefficient (Wildman–Crippen LogP) is 29.0. The zero-order chi connectivity index (χ0) is 77.5. The molecule has 8 heterocycles. The lowest BCUT2D eigenvalue weighted by molar-refractivity contribution is -0.805. The number of halogens is 12. The SMILES string of the molecule is C[N+](C)(C)c1ccc(/C=C/C=C/c2ccc(Oc3c(Cl)c(Cl)c4c(c3Cl)C3=[N+]5C4=Cc4c6c(Cl)c(Cl)c(Oc7ccccc7C7CCCCC7)c(Cl)c6c6n4C54n5c(c7c(Cl)c(Cl)c(Oc8ccccc8C8CCCCC8)c(Cl)c7c5=C3)=CC3=[N+]4C(=C6)c4c(Cl)c(Oc5ccccc5C5CCCCC5)c(Cl)c(Cl)c43)cc2)cc1. The lowest BCUT2D eigenvalue weighted by Gasteiger charge is -2.37. The van der Waals surface area contributed by atoms with Crippen LogP contribution in [-0.4, -0.2) is 50.9 Å². The van der Waals surface area contributed by atoms with E-state index in [4.69, 9.17) is 158 Å². The first-order valence-corrected chi connectivity index (χ1v) is 43.0. The van der Waals surface area contributed by atoms with Gasteiger partial charge in [-0.15, -0.1) is 0 Å². The fourth-order valence-corrected chi connectivity index (χ4v) is 22.7. The number of rotatable bonds is 15. The van der Waals surface area contributed by atoms with Crippen molar-refractivity contribution in [3.8, 4) is 46.0 Å². The maximum atomic E-state index is 8.25. The van der Waals surface area contributed by atoms with E-state index < -0.39 is 5.91 Å². The van der Waals surface area contributed by atoms with Gasteiger partial charge in [-0.1, -0.05) is 297 Å². The zero-order valence-electron chi connectivity index (χ0n) is 61.4. The van der Waals surface area contributed by atoms with E-state index in [1.807, 2.05) is 109 Å². The molecule has 3 fully saturated rings. The Morgan fingerprint density at radius 2 is 0.708 bits per heavy atom. The third kappa shape index (κ3) is 11.4. The fourth-order valence-electron chi connectivity index (χ4n) is 19.2. The number of para-hydroxylation sites is 3. The molecule has 11 aromatic rings. The van der Waals surface area contributed by atoms with Gasteiger partial charge in [0.25, 0.3) is 0 Å². The van der Waals surface area contributed by atoms with Gasteiger partial charge in [0.2, 0.25) is 22.8 Å². The zero-order valence-corrected chi connectivity index (χ0v) is 70.5. The molecule has 0 radical (unpaired) electrons. The molecule has 0 bridgehead atoms. The van der Waals surface area contributed by atoms with Crippen LogP contribution in [0.25, 0.3) is 69.4 Å². The summed E-state index contributed by atoms with van der Waals surface area (Å²) in [6, 6.07) is 40.5. The number of ether oxygens (including phenoxy) is 4. The molecule has 9 aromatic carbocycles. The summed E-state index contributed by atoms with van der Waals surface area (Å²) in [6.45, 7) is 0. The van der Waals surface area contributed by atoms with Crippen molar-refractivity contribution in [1.82, 2.24) is 13.6 Å². The molecular weight excluding hydrogens is 1660 g/mol. The molecule has 21 heteroatoms. The predicted molar refractivity (Wildman–Crippen MR) is 471 cm³/mol. The molecule has 3 saturated carbocycles. The van der Waals surface area contributed by atoms with E-state index in [1.165, 1.54) is 24.9 Å². The third-order valence-corrected chi connectivity index (χ3v) is 29.2. The van der Waals surface area contributed by atoms with Crippen molar-refractivity contribution >= 4 is 226 Å². The smallest absolute Gasteiger partial charge is 0.454 e. The van der Waals surface area contributed by atoms with E-state index in [0.29, 0.717) is 112 Å². The van der Waals surface area contributed by atoms with Crippen molar-refractivity contribution in [3.63, 3.8) is 0 Å². The normalized spacial score (nSPS) is 18.3. The van der Waals surface area contributed by atoms with E-state index >= 15 is 0 Å². The highest BCUT2D eigenvalue weighted by Crippen LogP contribution is 2.64. The number of allylic oxidation sites excluding steroid dienone is 2. The minimum Gasteiger partial charge on any atom is -0.454 e. The van der Waals surface area contributed by atoms with Crippen molar-refractivity contribution in [3.05, 3.63) is 266 Å². The minimum atomic E-state index is -1.78. The van der Waals surface area contributed by atoms with Crippen LogP contribution in [0.15, 0.2) is 133 Å². The van der Waals surface area contributed by atoms with Gasteiger partial charge in [-0.2, -0.15) is 9.13 Å². The molecule has 1 unspecified atom stereocenters. The Morgan fingerprint density at radius 3 is 1.17 bits per heavy atom. The lowest BCUT2D eigenvalue weighted by Crippen LogP contribution is -2.69. The summed E-state index contributed by atoms with van der Waals surface area (Å²) in [4.78, 5) is 0. The Kier molecular flexibility index (Phi) is 18.8. The molecule has 568 valence electrons. The molecular formula is C92H70Cl12N5O4+3. The molecule has 0 N–H and O–H groups in total. The molecule has 9 aliphatic rings. The van der Waals surface area contributed by atoms with Crippen molar-refractivity contribution in [2.45, 2.75) is 120 Å². The van der Waals surface area contributed by atoms with Crippen LogP contribution >= 0.6 is 139 Å². The van der Waals surface area contributed by atoms with Crippen LogP contribution in [0.4, 0.5) is 5.69 Å². The molecule has 9 nitrogen and oxygen atoms in total. The van der Waals surface area contributed by atoms with Crippen LogP contribution < -0.4 is 34.1 Å². The Bertz CT molecular complexity index is 6380. The number of quaternary nitrogens is 1. The molecule has 6 aliphatic heterocycles. The van der Waals surface area contributed by atoms with Gasteiger partial charge in [0.15, 0.2) is 23.0 Å². The summed E-state index contributed by atoms with van der Waals surface area (Å²) in [5, 5.41) is 4.85. The Hall–Kier alpha value is -7.26. The molecule has 0 amide bonds. The third-order valence-electron chi connectivity index (χ3n) is 24.4. The summed E-state index contributed by atoms with van der Waals surface area (Å²) in [7, 11) is 6.46. The highest BCUT2D eigenvalue weighted by molar-refractivity contribution is 6.54. The highest BCUT2D eigenvalue weighted by atomic mass is 35.5. The van der Waals surface area contributed by atoms with Crippen LogP contribution in [0.5, 0.6) is 46.0 Å². The van der Waals surface area contributed by atoms with Gasteiger partial charge >= 0.3 is 5.91 Å². The molecule has 0 saturated heterocycles. The topological polar surface area (TPSA) is 52.8 Å².